The molecule has 8 nitrogen and oxygen atoms in total. The van der Waals surface area contributed by atoms with Crippen LogP contribution in [-0.2, 0) is 16.1 Å². The topological polar surface area (TPSA) is 87.8 Å². The molecule has 4 heterocycles. The highest BCUT2D eigenvalue weighted by Gasteiger charge is 2.39. The molecule has 33 heavy (non-hydrogen) atoms. The van der Waals surface area contributed by atoms with E-state index in [-0.39, 0.29) is 24.5 Å². The number of fused-ring (bicyclic) bond motifs is 2. The number of piperidine rings is 1. The Bertz CT molecular complexity index is 1190. The number of carbonyl (C=O) groups is 2. The van der Waals surface area contributed by atoms with Crippen LogP contribution in [0.5, 0.6) is 11.5 Å². The first-order valence-electron chi connectivity index (χ1n) is 11.6. The number of H-pyrrole nitrogens is 1. The summed E-state index contributed by atoms with van der Waals surface area (Å²) in [7, 11) is 0. The van der Waals surface area contributed by atoms with Crippen LogP contribution in [0.3, 0.4) is 0 Å². The van der Waals surface area contributed by atoms with Gasteiger partial charge in [0.05, 0.1) is 11.0 Å². The molecule has 2 atom stereocenters. The third-order valence-electron chi connectivity index (χ3n) is 6.93. The lowest BCUT2D eigenvalue weighted by molar-refractivity contribution is -0.142. The first kappa shape index (κ1) is 20.1. The molecule has 3 aromatic rings. The van der Waals surface area contributed by atoms with E-state index in [1.807, 2.05) is 47.4 Å². The van der Waals surface area contributed by atoms with Crippen molar-refractivity contribution in [3.05, 3.63) is 53.9 Å². The van der Waals surface area contributed by atoms with Crippen LogP contribution in [0, 0.1) is 0 Å². The highest BCUT2D eigenvalue weighted by molar-refractivity contribution is 5.91. The van der Waals surface area contributed by atoms with Gasteiger partial charge in [-0.3, -0.25) is 9.59 Å². The predicted molar refractivity (Wildman–Crippen MR) is 121 cm³/mol. The van der Waals surface area contributed by atoms with Crippen LogP contribution in [0.15, 0.2) is 42.5 Å². The van der Waals surface area contributed by atoms with Gasteiger partial charge < -0.3 is 24.3 Å². The van der Waals surface area contributed by atoms with Crippen LogP contribution in [0.1, 0.15) is 43.0 Å². The minimum Gasteiger partial charge on any atom is -0.454 e. The Morgan fingerprint density at radius 3 is 2.91 bits per heavy atom. The molecule has 3 aliphatic rings. The first-order chi connectivity index (χ1) is 16.2. The quantitative estimate of drug-likeness (QED) is 0.665. The van der Waals surface area contributed by atoms with Gasteiger partial charge >= 0.3 is 0 Å². The minimum atomic E-state index is -0.419. The second kappa shape index (κ2) is 8.10. The van der Waals surface area contributed by atoms with E-state index in [9.17, 15) is 9.59 Å². The lowest BCUT2D eigenvalue weighted by Gasteiger charge is -2.35. The van der Waals surface area contributed by atoms with Crippen LogP contribution in [0.2, 0.25) is 0 Å². The Morgan fingerprint density at radius 2 is 2.00 bits per heavy atom. The maximum atomic E-state index is 13.5. The number of imidazole rings is 1. The molecule has 170 valence electrons. The summed E-state index contributed by atoms with van der Waals surface area (Å²) in [4.78, 5) is 38.1. The highest BCUT2D eigenvalue weighted by atomic mass is 16.7. The Morgan fingerprint density at radius 1 is 1.12 bits per heavy atom. The second-order valence-electron chi connectivity index (χ2n) is 9.03. The monoisotopic (exact) mass is 446 g/mol. The van der Waals surface area contributed by atoms with Crippen LogP contribution in [-0.4, -0.2) is 57.5 Å². The van der Waals surface area contributed by atoms with Gasteiger partial charge in [-0.25, -0.2) is 4.98 Å². The number of carbonyl (C=O) groups excluding carboxylic acids is 2. The van der Waals surface area contributed by atoms with Crippen molar-refractivity contribution in [3.63, 3.8) is 0 Å². The molecule has 2 fully saturated rings. The number of likely N-dealkylation sites (tertiary alicyclic amines) is 2. The zero-order valence-corrected chi connectivity index (χ0v) is 18.3. The molecule has 0 spiro atoms. The van der Waals surface area contributed by atoms with E-state index in [2.05, 4.69) is 4.98 Å². The Labute approximate surface area is 191 Å². The number of aromatic amines is 1. The van der Waals surface area contributed by atoms with Gasteiger partial charge in [-0.1, -0.05) is 18.2 Å². The number of para-hydroxylation sites is 2. The molecule has 0 aliphatic carbocycles. The van der Waals surface area contributed by atoms with Gasteiger partial charge in [-0.05, 0) is 49.1 Å². The summed E-state index contributed by atoms with van der Waals surface area (Å²) >= 11 is 0. The first-order valence-corrected chi connectivity index (χ1v) is 11.6. The molecule has 0 bridgehead atoms. The number of nitrogens with zero attached hydrogens (tertiary/aromatic N) is 3. The van der Waals surface area contributed by atoms with Crippen LogP contribution in [0.4, 0.5) is 0 Å². The number of ether oxygens (including phenoxy) is 2. The number of nitrogens with one attached hydrogen (secondary N) is 1. The molecule has 3 aliphatic heterocycles. The molecule has 2 saturated heterocycles. The maximum absolute atomic E-state index is 13.5. The Hall–Kier alpha value is -3.55. The third kappa shape index (κ3) is 3.69. The van der Waals surface area contributed by atoms with Gasteiger partial charge in [0, 0.05) is 32.0 Å². The van der Waals surface area contributed by atoms with E-state index in [0.717, 1.165) is 41.8 Å². The fraction of sp³-hybridized carbons (Fsp3) is 0.400. The zero-order chi connectivity index (χ0) is 22.4. The van der Waals surface area contributed by atoms with Gasteiger partial charge in [0.15, 0.2) is 11.5 Å². The van der Waals surface area contributed by atoms with Crippen molar-refractivity contribution in [2.45, 2.75) is 44.2 Å². The summed E-state index contributed by atoms with van der Waals surface area (Å²) in [5, 5.41) is 0. The molecular weight excluding hydrogens is 420 g/mol. The number of hydrogen-bond acceptors (Lipinski definition) is 5. The number of amides is 2. The standard InChI is InChI=1S/C25H26N4O4/c30-23-10-8-20(29(23)13-16-7-9-21-22(12-16)33-15-32-21)25(31)28-11-3-4-17(14-28)24-26-18-5-1-2-6-19(18)27-24/h1-2,5-7,9,12,17,20H,3-4,8,10-11,13-15H2,(H,26,27). The van der Waals surface area contributed by atoms with Crippen molar-refractivity contribution in [1.82, 2.24) is 19.8 Å². The molecule has 2 aromatic carbocycles. The molecule has 8 heteroatoms. The van der Waals surface area contributed by atoms with Crippen molar-refractivity contribution in [3.8, 4) is 11.5 Å². The fourth-order valence-electron chi connectivity index (χ4n) is 5.20. The molecular formula is C25H26N4O4. The zero-order valence-electron chi connectivity index (χ0n) is 18.3. The van der Waals surface area contributed by atoms with Crippen molar-refractivity contribution in [2.75, 3.05) is 19.9 Å². The molecule has 6 rings (SSSR count). The lowest BCUT2D eigenvalue weighted by atomic mass is 9.96. The van der Waals surface area contributed by atoms with Crippen LogP contribution >= 0.6 is 0 Å². The summed E-state index contributed by atoms with van der Waals surface area (Å²) in [6.07, 6.45) is 2.89. The fourth-order valence-corrected chi connectivity index (χ4v) is 5.20. The van der Waals surface area contributed by atoms with Crippen LogP contribution in [0.25, 0.3) is 11.0 Å². The number of benzene rings is 2. The van der Waals surface area contributed by atoms with E-state index >= 15 is 0 Å². The van der Waals surface area contributed by atoms with Gasteiger partial charge in [0.2, 0.25) is 18.6 Å². The predicted octanol–water partition coefficient (Wildman–Crippen LogP) is 3.19. The summed E-state index contributed by atoms with van der Waals surface area (Å²) in [5.74, 6) is 2.58. The number of hydrogen-bond donors (Lipinski definition) is 1. The van der Waals surface area contributed by atoms with Crippen molar-refractivity contribution in [1.29, 1.82) is 0 Å². The van der Waals surface area contributed by atoms with Gasteiger partial charge in [0.25, 0.3) is 0 Å². The molecule has 0 radical (unpaired) electrons. The van der Waals surface area contributed by atoms with Gasteiger partial charge in [-0.15, -0.1) is 0 Å². The van der Waals surface area contributed by atoms with Crippen molar-refractivity contribution in [2.24, 2.45) is 0 Å². The van der Waals surface area contributed by atoms with Crippen LogP contribution < -0.4 is 9.47 Å². The lowest BCUT2D eigenvalue weighted by Crippen LogP contribution is -2.49. The van der Waals surface area contributed by atoms with E-state index in [4.69, 9.17) is 14.5 Å². The van der Waals surface area contributed by atoms with E-state index < -0.39 is 6.04 Å². The van der Waals surface area contributed by atoms with Gasteiger partial charge in [0.1, 0.15) is 11.9 Å². The second-order valence-corrected chi connectivity index (χ2v) is 9.03. The molecule has 1 aromatic heterocycles. The average molecular weight is 447 g/mol. The molecule has 1 N–H and O–H groups in total. The number of aromatic nitrogens is 2. The summed E-state index contributed by atoms with van der Waals surface area (Å²) < 4.78 is 10.8. The molecule has 2 unspecified atom stereocenters. The highest BCUT2D eigenvalue weighted by Crippen LogP contribution is 2.34. The van der Waals surface area contributed by atoms with E-state index in [1.54, 1.807) is 4.90 Å². The number of rotatable bonds is 4. The minimum absolute atomic E-state index is 0.0249. The van der Waals surface area contributed by atoms with E-state index in [1.165, 1.54) is 0 Å². The van der Waals surface area contributed by atoms with Crippen molar-refractivity contribution >= 4 is 22.8 Å². The van der Waals surface area contributed by atoms with Gasteiger partial charge in [-0.2, -0.15) is 0 Å². The summed E-state index contributed by atoms with van der Waals surface area (Å²) in [5.41, 5.74) is 2.91. The van der Waals surface area contributed by atoms with Crippen molar-refractivity contribution < 1.29 is 19.1 Å². The Kier molecular flexibility index (Phi) is 4.93. The summed E-state index contributed by atoms with van der Waals surface area (Å²) in [6, 6.07) is 13.3. The Balaban J connectivity index is 1.18. The summed E-state index contributed by atoms with van der Waals surface area (Å²) in [6.45, 7) is 1.95. The largest absolute Gasteiger partial charge is 0.454 e. The van der Waals surface area contributed by atoms with E-state index in [0.29, 0.717) is 37.4 Å². The smallest absolute Gasteiger partial charge is 0.245 e. The maximum Gasteiger partial charge on any atom is 0.245 e. The molecule has 0 saturated carbocycles. The SMILES string of the molecule is O=C(C1CCC(=O)N1Cc1ccc2c(c1)OCO2)N1CCCC(c2nc3ccccc3[nH]2)C1. The molecule has 2 amide bonds. The third-order valence-corrected chi connectivity index (χ3v) is 6.93. The average Bonchev–Trinajstić information content (AvgIpc) is 3.57. The normalized spacial score (nSPS) is 22.4.